The van der Waals surface area contributed by atoms with Crippen LogP contribution < -0.4 is 5.14 Å². The van der Waals surface area contributed by atoms with E-state index in [2.05, 4.69) is 5.14 Å². The van der Waals surface area contributed by atoms with Crippen molar-refractivity contribution in [3.63, 3.8) is 0 Å². The van der Waals surface area contributed by atoms with Crippen LogP contribution in [0.25, 0.3) is 0 Å². The van der Waals surface area contributed by atoms with Gasteiger partial charge in [0.1, 0.15) is 5.82 Å². The van der Waals surface area contributed by atoms with Gasteiger partial charge in [0, 0.05) is 6.07 Å². The van der Waals surface area contributed by atoms with E-state index in [0.717, 1.165) is 18.2 Å². The number of nitrogens with two attached hydrogens (primary N) is 1. The lowest BCUT2D eigenvalue weighted by Gasteiger charge is -2.00. The van der Waals surface area contributed by atoms with Gasteiger partial charge in [-0.05, 0) is 6.07 Å². The molecule has 0 bridgehead atoms. The molecule has 8 heteroatoms. The van der Waals surface area contributed by atoms with Crippen molar-refractivity contribution in [1.82, 2.24) is 0 Å². The van der Waals surface area contributed by atoms with Crippen LogP contribution in [-0.2, 0) is 10.0 Å². The first kappa shape index (κ1) is 10.5. The third kappa shape index (κ3) is 1.86. The number of hydrogen-bond acceptors (Lipinski definition) is 4. The monoisotopic (exact) mass is 220 g/mol. The summed E-state index contributed by atoms with van der Waals surface area (Å²) in [4.78, 5) is 8.24. The van der Waals surface area contributed by atoms with Gasteiger partial charge in [0.2, 0.25) is 10.0 Å². The van der Waals surface area contributed by atoms with Crippen molar-refractivity contribution in [3.8, 4) is 0 Å². The van der Waals surface area contributed by atoms with Crippen molar-refractivity contribution >= 4 is 15.7 Å². The molecule has 0 radical (unpaired) electrons. The summed E-state index contributed by atoms with van der Waals surface area (Å²) in [6.45, 7) is 0. The van der Waals surface area contributed by atoms with Crippen LogP contribution in [0.5, 0.6) is 0 Å². The molecule has 6 nitrogen and oxygen atoms in total. The van der Waals surface area contributed by atoms with Crippen molar-refractivity contribution in [3.05, 3.63) is 34.1 Å². The van der Waals surface area contributed by atoms with E-state index in [1.807, 2.05) is 0 Å². The molecule has 1 rings (SSSR count). The first-order valence-electron chi connectivity index (χ1n) is 3.29. The fourth-order valence-electron chi connectivity index (χ4n) is 0.923. The highest BCUT2D eigenvalue weighted by atomic mass is 32.2. The summed E-state index contributed by atoms with van der Waals surface area (Å²) in [5.41, 5.74) is -0.868. The van der Waals surface area contributed by atoms with Crippen LogP contribution in [0.2, 0.25) is 0 Å². The zero-order valence-corrected chi connectivity index (χ0v) is 7.49. The van der Waals surface area contributed by atoms with Crippen LogP contribution in [0, 0.1) is 15.9 Å². The molecule has 0 fully saturated rings. The zero-order chi connectivity index (χ0) is 10.9. The van der Waals surface area contributed by atoms with Gasteiger partial charge in [0.05, 0.1) is 4.92 Å². The maximum atomic E-state index is 12.9. The number of primary sulfonamides is 1. The summed E-state index contributed by atoms with van der Waals surface area (Å²) in [5.74, 6) is -1.23. The van der Waals surface area contributed by atoms with Crippen LogP contribution in [0.1, 0.15) is 0 Å². The normalized spacial score (nSPS) is 11.3. The summed E-state index contributed by atoms with van der Waals surface area (Å²) < 4.78 is 34.6. The molecule has 0 aromatic heterocycles. The van der Waals surface area contributed by atoms with Crippen molar-refractivity contribution in [2.45, 2.75) is 4.90 Å². The number of rotatable bonds is 2. The first-order valence-corrected chi connectivity index (χ1v) is 4.84. The second kappa shape index (κ2) is 3.31. The first-order chi connectivity index (χ1) is 6.34. The topological polar surface area (TPSA) is 103 Å². The molecule has 0 spiro atoms. The predicted octanol–water partition coefficient (Wildman–Crippen LogP) is 0.381. The molecule has 0 atom stereocenters. The minimum Gasteiger partial charge on any atom is -0.258 e. The molecular formula is C6H5FN2O4S. The number of halogens is 1. The van der Waals surface area contributed by atoms with E-state index in [4.69, 9.17) is 0 Å². The summed E-state index contributed by atoms with van der Waals surface area (Å²) in [6.07, 6.45) is 0. The van der Waals surface area contributed by atoms with E-state index in [1.165, 1.54) is 0 Å². The van der Waals surface area contributed by atoms with Gasteiger partial charge in [0.15, 0.2) is 4.90 Å². The number of nitro groups is 1. The quantitative estimate of drug-likeness (QED) is 0.574. The highest BCUT2D eigenvalue weighted by Gasteiger charge is 2.26. The molecule has 0 aliphatic rings. The summed E-state index contributed by atoms with van der Waals surface area (Å²) >= 11 is 0. The molecule has 1 aromatic rings. The molecule has 0 heterocycles. The highest BCUT2D eigenvalue weighted by Crippen LogP contribution is 2.24. The largest absolute Gasteiger partial charge is 0.292 e. The van der Waals surface area contributed by atoms with Crippen LogP contribution in [0.15, 0.2) is 23.1 Å². The minimum absolute atomic E-state index is 0.784. The third-order valence-electron chi connectivity index (χ3n) is 1.43. The van der Waals surface area contributed by atoms with Gasteiger partial charge < -0.3 is 0 Å². The van der Waals surface area contributed by atoms with E-state index in [0.29, 0.717) is 0 Å². The summed E-state index contributed by atoms with van der Waals surface area (Å²) in [7, 11) is -4.43. The lowest BCUT2D eigenvalue weighted by molar-refractivity contribution is -0.388. The number of hydrogen-bond donors (Lipinski definition) is 1. The maximum absolute atomic E-state index is 12.9. The smallest absolute Gasteiger partial charge is 0.258 e. The van der Waals surface area contributed by atoms with Gasteiger partial charge in [-0.2, -0.15) is 0 Å². The van der Waals surface area contributed by atoms with Gasteiger partial charge in [-0.25, -0.2) is 17.9 Å². The Hall–Kier alpha value is -1.54. The number of benzene rings is 1. The minimum atomic E-state index is -4.43. The lowest BCUT2D eigenvalue weighted by Crippen LogP contribution is -2.16. The number of sulfonamides is 1. The van der Waals surface area contributed by atoms with Gasteiger partial charge in [-0.15, -0.1) is 0 Å². The molecule has 0 saturated carbocycles. The fraction of sp³-hybridized carbons (Fsp3) is 0. The van der Waals surface area contributed by atoms with E-state index < -0.39 is 31.3 Å². The van der Waals surface area contributed by atoms with Crippen molar-refractivity contribution in [2.75, 3.05) is 0 Å². The Kier molecular flexibility index (Phi) is 2.49. The van der Waals surface area contributed by atoms with Crippen LogP contribution >= 0.6 is 0 Å². The second-order valence-corrected chi connectivity index (χ2v) is 3.89. The van der Waals surface area contributed by atoms with E-state index >= 15 is 0 Å². The average Bonchev–Trinajstić information content (AvgIpc) is 2.01. The van der Waals surface area contributed by atoms with Crippen molar-refractivity contribution in [1.29, 1.82) is 0 Å². The Morgan fingerprint density at radius 2 is 2.00 bits per heavy atom. The van der Waals surface area contributed by atoms with Crippen molar-refractivity contribution < 1.29 is 17.7 Å². The van der Waals surface area contributed by atoms with Crippen LogP contribution in [0.4, 0.5) is 10.1 Å². The SMILES string of the molecule is NS(=O)(=O)c1c(F)cccc1[N+](=O)[O-]. The molecule has 0 unspecified atom stereocenters. The molecule has 76 valence electrons. The van der Waals surface area contributed by atoms with Gasteiger partial charge >= 0.3 is 0 Å². The van der Waals surface area contributed by atoms with Crippen LogP contribution in [0.3, 0.4) is 0 Å². The van der Waals surface area contributed by atoms with Gasteiger partial charge in [-0.3, -0.25) is 10.1 Å². The summed E-state index contributed by atoms with van der Waals surface area (Å²) in [6, 6.07) is 2.68. The number of nitrogens with zero attached hydrogens (tertiary/aromatic N) is 1. The number of nitro benzene ring substituents is 1. The molecule has 0 aliphatic carbocycles. The Balaban J connectivity index is 3.62. The molecule has 14 heavy (non-hydrogen) atoms. The third-order valence-corrected chi connectivity index (χ3v) is 2.40. The Bertz CT molecular complexity index is 485. The Morgan fingerprint density at radius 3 is 2.36 bits per heavy atom. The average molecular weight is 220 g/mol. The van der Waals surface area contributed by atoms with E-state index in [-0.39, 0.29) is 0 Å². The lowest BCUT2D eigenvalue weighted by atomic mass is 10.3. The molecule has 0 saturated heterocycles. The molecular weight excluding hydrogens is 215 g/mol. The van der Waals surface area contributed by atoms with Gasteiger partial charge in [0.25, 0.3) is 5.69 Å². The zero-order valence-electron chi connectivity index (χ0n) is 6.68. The molecule has 2 N–H and O–H groups in total. The molecule has 0 aliphatic heterocycles. The van der Waals surface area contributed by atoms with Gasteiger partial charge in [-0.1, -0.05) is 6.07 Å². The standard InChI is InChI=1S/C6H5FN2O4S/c7-4-2-1-3-5(9(10)11)6(4)14(8,12)13/h1-3H,(H2,8,12,13). The van der Waals surface area contributed by atoms with E-state index in [9.17, 15) is 22.9 Å². The second-order valence-electron chi connectivity index (χ2n) is 2.39. The highest BCUT2D eigenvalue weighted by molar-refractivity contribution is 7.89. The molecule has 0 amide bonds. The summed E-state index contributed by atoms with van der Waals surface area (Å²) in [5, 5.41) is 15.0. The van der Waals surface area contributed by atoms with Crippen LogP contribution in [-0.4, -0.2) is 13.3 Å². The molecule has 1 aromatic carbocycles. The Labute approximate surface area is 78.4 Å². The van der Waals surface area contributed by atoms with Crippen molar-refractivity contribution in [2.24, 2.45) is 5.14 Å². The predicted molar refractivity (Wildman–Crippen MR) is 44.4 cm³/mol. The fourth-order valence-corrected chi connectivity index (χ4v) is 1.70. The Morgan fingerprint density at radius 1 is 1.43 bits per heavy atom. The van der Waals surface area contributed by atoms with E-state index in [1.54, 1.807) is 0 Å². The maximum Gasteiger partial charge on any atom is 0.292 e.